The maximum atomic E-state index is 13.8. The number of benzene rings is 1. The summed E-state index contributed by atoms with van der Waals surface area (Å²) in [4.78, 5) is 0.770. The fraction of sp³-hybridized carbons (Fsp3) is 0.385. The summed E-state index contributed by atoms with van der Waals surface area (Å²) in [6.45, 7) is 2.06. The number of thioether (sulfide) groups is 1. The normalized spacial score (nSPS) is 18.1. The van der Waals surface area contributed by atoms with Crippen molar-refractivity contribution in [3.05, 3.63) is 34.6 Å². The first kappa shape index (κ1) is 12.9. The van der Waals surface area contributed by atoms with Crippen LogP contribution in [0.5, 0.6) is 0 Å². The van der Waals surface area contributed by atoms with Crippen LogP contribution in [0.2, 0.25) is 0 Å². The molecule has 1 unspecified atom stereocenters. The average molecular weight is 295 g/mol. The molecule has 0 amide bonds. The summed E-state index contributed by atoms with van der Waals surface area (Å²) >= 11 is 3.16. The first-order valence-electron chi connectivity index (χ1n) is 6.28. The van der Waals surface area contributed by atoms with Gasteiger partial charge in [-0.25, -0.2) is 4.39 Å². The largest absolute Gasteiger partial charge is 0.353 e. The molecule has 3 nitrogen and oxygen atoms in total. The zero-order valence-corrected chi connectivity index (χ0v) is 12.2. The van der Waals surface area contributed by atoms with Crippen LogP contribution in [0.1, 0.15) is 30.0 Å². The number of nitrogens with zero attached hydrogens (tertiary/aromatic N) is 2. The Labute approximate surface area is 119 Å². The molecule has 1 N–H and O–H groups in total. The number of rotatable bonds is 3. The van der Waals surface area contributed by atoms with E-state index in [9.17, 15) is 4.39 Å². The first-order chi connectivity index (χ1) is 9.28. The molecule has 1 aliphatic heterocycles. The van der Waals surface area contributed by atoms with Crippen LogP contribution in [0.3, 0.4) is 0 Å². The molecule has 1 atom stereocenters. The van der Waals surface area contributed by atoms with Gasteiger partial charge in [-0.1, -0.05) is 30.4 Å². The summed E-state index contributed by atoms with van der Waals surface area (Å²) in [6.07, 6.45) is 1.87. The Hall–Kier alpha value is -1.14. The van der Waals surface area contributed by atoms with Gasteiger partial charge in [0.15, 0.2) is 0 Å². The Bertz CT molecular complexity index is 585. The van der Waals surface area contributed by atoms with E-state index in [1.54, 1.807) is 29.2 Å². The molecule has 1 aromatic carbocycles. The Balaban J connectivity index is 1.85. The van der Waals surface area contributed by atoms with Gasteiger partial charge in [-0.2, -0.15) is 0 Å². The van der Waals surface area contributed by atoms with Crippen LogP contribution in [0, 0.1) is 5.82 Å². The molecule has 6 heteroatoms. The number of hydrogen-bond acceptors (Lipinski definition) is 5. The van der Waals surface area contributed by atoms with E-state index in [0.29, 0.717) is 0 Å². The molecule has 1 aliphatic rings. The molecule has 0 aliphatic carbocycles. The number of aryl methyl sites for hydroxylation is 1. The van der Waals surface area contributed by atoms with Crippen LogP contribution in [0.25, 0.3) is 0 Å². The minimum atomic E-state index is -0.125. The molecule has 1 aromatic heterocycles. The van der Waals surface area contributed by atoms with Gasteiger partial charge in [-0.05, 0) is 24.5 Å². The number of aromatic nitrogens is 2. The third-order valence-electron chi connectivity index (χ3n) is 3.09. The molecular weight excluding hydrogens is 281 g/mol. The van der Waals surface area contributed by atoms with Crippen molar-refractivity contribution in [2.75, 3.05) is 11.1 Å². The highest BCUT2D eigenvalue weighted by Crippen LogP contribution is 2.39. The maximum Gasteiger partial charge on any atom is 0.206 e. The van der Waals surface area contributed by atoms with Gasteiger partial charge < -0.3 is 5.32 Å². The van der Waals surface area contributed by atoms with E-state index < -0.39 is 0 Å². The summed E-state index contributed by atoms with van der Waals surface area (Å²) in [7, 11) is 0. The fourth-order valence-electron chi connectivity index (χ4n) is 2.14. The highest BCUT2D eigenvalue weighted by atomic mass is 32.2. The van der Waals surface area contributed by atoms with E-state index in [4.69, 9.17) is 0 Å². The zero-order valence-electron chi connectivity index (χ0n) is 10.5. The van der Waals surface area contributed by atoms with Crippen molar-refractivity contribution in [3.63, 3.8) is 0 Å². The van der Waals surface area contributed by atoms with Crippen molar-refractivity contribution < 1.29 is 4.39 Å². The molecule has 100 valence electrons. The average Bonchev–Trinajstić information content (AvgIpc) is 2.88. The smallest absolute Gasteiger partial charge is 0.206 e. The predicted molar refractivity (Wildman–Crippen MR) is 77.4 cm³/mol. The molecule has 3 rings (SSSR count). The van der Waals surface area contributed by atoms with Gasteiger partial charge in [0, 0.05) is 10.6 Å². The number of hydrogen-bond donors (Lipinski definition) is 1. The quantitative estimate of drug-likeness (QED) is 0.932. The maximum absolute atomic E-state index is 13.8. The molecule has 19 heavy (non-hydrogen) atoms. The van der Waals surface area contributed by atoms with Crippen molar-refractivity contribution in [1.29, 1.82) is 0 Å². The Morgan fingerprint density at radius 1 is 1.42 bits per heavy atom. The fourth-order valence-corrected chi connectivity index (χ4v) is 4.01. The summed E-state index contributed by atoms with van der Waals surface area (Å²) in [6, 6.07) is 5.41. The van der Waals surface area contributed by atoms with E-state index in [1.807, 2.05) is 6.07 Å². The third-order valence-corrected chi connectivity index (χ3v) is 5.25. The van der Waals surface area contributed by atoms with Crippen LogP contribution in [0.15, 0.2) is 23.1 Å². The molecule has 0 saturated heterocycles. The Morgan fingerprint density at radius 3 is 3.11 bits per heavy atom. The van der Waals surface area contributed by atoms with Crippen LogP contribution in [0.4, 0.5) is 9.52 Å². The van der Waals surface area contributed by atoms with Gasteiger partial charge in [0.25, 0.3) is 0 Å². The molecule has 0 spiro atoms. The summed E-state index contributed by atoms with van der Waals surface area (Å²) in [5, 5.41) is 13.5. The second-order valence-electron chi connectivity index (χ2n) is 4.35. The lowest BCUT2D eigenvalue weighted by Gasteiger charge is -2.25. The minimum absolute atomic E-state index is 0.125. The van der Waals surface area contributed by atoms with Crippen LogP contribution in [-0.2, 0) is 6.42 Å². The SMILES string of the molecule is CCc1nnc(NC2CCSc3c(F)cccc32)s1. The lowest BCUT2D eigenvalue weighted by atomic mass is 10.0. The molecule has 2 aromatic rings. The molecule has 0 fully saturated rings. The van der Waals surface area contributed by atoms with Crippen molar-refractivity contribution >= 4 is 28.2 Å². The molecule has 0 bridgehead atoms. The van der Waals surface area contributed by atoms with Gasteiger partial charge in [0.05, 0.1) is 6.04 Å². The summed E-state index contributed by atoms with van der Waals surface area (Å²) in [5.74, 6) is 0.797. The Kier molecular flexibility index (Phi) is 3.70. The van der Waals surface area contributed by atoms with E-state index in [-0.39, 0.29) is 11.9 Å². The molecular formula is C13H14FN3S2. The van der Waals surface area contributed by atoms with Crippen LogP contribution >= 0.6 is 23.1 Å². The minimum Gasteiger partial charge on any atom is -0.353 e. The third kappa shape index (κ3) is 2.60. The second-order valence-corrected chi connectivity index (χ2v) is 6.51. The van der Waals surface area contributed by atoms with Crippen LogP contribution < -0.4 is 5.32 Å². The number of nitrogens with one attached hydrogen (secondary N) is 1. The molecule has 0 radical (unpaired) electrons. The van der Waals surface area contributed by atoms with E-state index in [2.05, 4.69) is 22.4 Å². The first-order valence-corrected chi connectivity index (χ1v) is 8.08. The summed E-state index contributed by atoms with van der Waals surface area (Å²) in [5.41, 5.74) is 1.03. The van der Waals surface area contributed by atoms with Crippen molar-refractivity contribution in [1.82, 2.24) is 10.2 Å². The van der Waals surface area contributed by atoms with E-state index in [1.165, 1.54) is 6.07 Å². The Morgan fingerprint density at radius 2 is 2.32 bits per heavy atom. The standard InChI is InChI=1S/C13H14FN3S2/c1-2-11-16-17-13(19-11)15-10-6-7-18-12-8(10)4-3-5-9(12)14/h3-5,10H,2,6-7H2,1H3,(H,15,17). The number of halogens is 1. The lowest BCUT2D eigenvalue weighted by Crippen LogP contribution is -2.16. The van der Waals surface area contributed by atoms with E-state index in [0.717, 1.165) is 39.2 Å². The van der Waals surface area contributed by atoms with Gasteiger partial charge in [-0.15, -0.1) is 22.0 Å². The van der Waals surface area contributed by atoms with Crippen LogP contribution in [-0.4, -0.2) is 16.0 Å². The number of anilines is 1. The van der Waals surface area contributed by atoms with Gasteiger partial charge in [0.1, 0.15) is 10.8 Å². The summed E-state index contributed by atoms with van der Waals surface area (Å²) < 4.78 is 13.8. The monoisotopic (exact) mass is 295 g/mol. The lowest BCUT2D eigenvalue weighted by molar-refractivity contribution is 0.585. The van der Waals surface area contributed by atoms with Crippen molar-refractivity contribution in [3.8, 4) is 0 Å². The zero-order chi connectivity index (χ0) is 13.2. The highest BCUT2D eigenvalue weighted by Gasteiger charge is 2.23. The van der Waals surface area contributed by atoms with Gasteiger partial charge in [-0.3, -0.25) is 0 Å². The predicted octanol–water partition coefficient (Wildman–Crippen LogP) is 3.89. The second kappa shape index (κ2) is 5.46. The van der Waals surface area contributed by atoms with Crippen molar-refractivity contribution in [2.45, 2.75) is 30.7 Å². The van der Waals surface area contributed by atoms with Gasteiger partial charge in [0.2, 0.25) is 5.13 Å². The molecule has 0 saturated carbocycles. The topological polar surface area (TPSA) is 37.8 Å². The highest BCUT2D eigenvalue weighted by molar-refractivity contribution is 7.99. The van der Waals surface area contributed by atoms with Crippen molar-refractivity contribution in [2.24, 2.45) is 0 Å². The van der Waals surface area contributed by atoms with E-state index >= 15 is 0 Å². The van der Waals surface area contributed by atoms with Gasteiger partial charge >= 0.3 is 0 Å². The molecule has 2 heterocycles. The number of fused-ring (bicyclic) bond motifs is 1.